The van der Waals surface area contributed by atoms with E-state index in [1.807, 2.05) is 19.2 Å². The Morgan fingerprint density at radius 3 is 2.56 bits per heavy atom. The fourth-order valence-electron chi connectivity index (χ4n) is 4.77. The second kappa shape index (κ2) is 11.3. The number of benzene rings is 1. The van der Waals surface area contributed by atoms with Crippen molar-refractivity contribution in [3.8, 4) is 5.75 Å². The van der Waals surface area contributed by atoms with Crippen LogP contribution in [0.5, 0.6) is 5.75 Å². The Morgan fingerprint density at radius 1 is 1.03 bits per heavy atom. The Balaban J connectivity index is 1.32. The second-order valence-corrected chi connectivity index (χ2v) is 8.66. The lowest BCUT2D eigenvalue weighted by Gasteiger charge is -2.29. The molecule has 32 heavy (non-hydrogen) atoms. The molecular weight excluding hydrogens is 402 g/mol. The van der Waals surface area contributed by atoms with Crippen LogP contribution in [0, 0.1) is 0 Å². The van der Waals surface area contributed by atoms with Crippen LogP contribution in [-0.4, -0.2) is 66.0 Å². The molecule has 1 unspecified atom stereocenters. The summed E-state index contributed by atoms with van der Waals surface area (Å²) in [7, 11) is 3.54. The van der Waals surface area contributed by atoms with Crippen molar-refractivity contribution in [2.24, 2.45) is 4.99 Å². The van der Waals surface area contributed by atoms with Crippen LogP contribution in [0.25, 0.3) is 0 Å². The summed E-state index contributed by atoms with van der Waals surface area (Å²) in [5, 5.41) is 15.9. The molecule has 1 fully saturated rings. The van der Waals surface area contributed by atoms with Crippen LogP contribution in [0.2, 0.25) is 0 Å². The van der Waals surface area contributed by atoms with Gasteiger partial charge in [-0.3, -0.25) is 9.89 Å². The Morgan fingerprint density at radius 2 is 1.81 bits per heavy atom. The summed E-state index contributed by atoms with van der Waals surface area (Å²) in [5.74, 6) is 3.95. The predicted octanol–water partition coefficient (Wildman–Crippen LogP) is 2.56. The number of nitrogens with zero attached hydrogens (tertiary/aromatic N) is 5. The summed E-state index contributed by atoms with van der Waals surface area (Å²) in [6.07, 6.45) is 8.15. The average Bonchev–Trinajstić information content (AvgIpc) is 3.43. The molecule has 4 rings (SSSR count). The number of nitrogens with one attached hydrogen (secondary N) is 2. The number of hydrogen-bond acceptors (Lipinski definition) is 5. The van der Waals surface area contributed by atoms with E-state index in [4.69, 9.17) is 4.74 Å². The number of guanidine groups is 1. The maximum atomic E-state index is 5.34. The van der Waals surface area contributed by atoms with Crippen molar-refractivity contribution in [2.75, 3.05) is 40.3 Å². The highest BCUT2D eigenvalue weighted by Gasteiger charge is 2.24. The molecule has 0 spiro atoms. The number of fused-ring (bicyclic) bond motifs is 1. The van der Waals surface area contributed by atoms with E-state index < -0.39 is 0 Å². The van der Waals surface area contributed by atoms with Gasteiger partial charge in [0.25, 0.3) is 0 Å². The average molecular weight is 440 g/mol. The van der Waals surface area contributed by atoms with Crippen LogP contribution >= 0.6 is 0 Å². The Labute approximate surface area is 191 Å². The third-order valence-corrected chi connectivity index (χ3v) is 6.60. The molecule has 0 saturated carbocycles. The standard InChI is InChI=1S/C24H37N7O/c1-25-24(26-14-13-23-29-28-22-8-4-3-5-17-31(22)23)27-18-21(30-15-6-7-16-30)19-9-11-20(32-2)12-10-19/h9-12,21H,3-8,13-18H2,1-2H3,(H2,25,26,27). The first-order valence-corrected chi connectivity index (χ1v) is 12.0. The van der Waals surface area contributed by atoms with Gasteiger partial charge in [-0.2, -0.15) is 0 Å². The van der Waals surface area contributed by atoms with E-state index in [0.29, 0.717) is 6.04 Å². The van der Waals surface area contributed by atoms with Gasteiger partial charge in [0.15, 0.2) is 5.96 Å². The zero-order chi connectivity index (χ0) is 22.2. The van der Waals surface area contributed by atoms with E-state index in [-0.39, 0.29) is 0 Å². The molecule has 1 aromatic carbocycles. The van der Waals surface area contributed by atoms with Crippen molar-refractivity contribution >= 4 is 5.96 Å². The van der Waals surface area contributed by atoms with Gasteiger partial charge >= 0.3 is 0 Å². The highest BCUT2D eigenvalue weighted by molar-refractivity contribution is 5.79. The van der Waals surface area contributed by atoms with Gasteiger partial charge in [0, 0.05) is 39.5 Å². The number of aliphatic imine (C=N–C) groups is 1. The first kappa shape index (κ1) is 22.6. The van der Waals surface area contributed by atoms with E-state index in [1.165, 1.54) is 37.7 Å². The quantitative estimate of drug-likeness (QED) is 0.486. The molecule has 2 N–H and O–H groups in total. The lowest BCUT2D eigenvalue weighted by Crippen LogP contribution is -2.43. The zero-order valence-corrected chi connectivity index (χ0v) is 19.5. The molecule has 8 nitrogen and oxygen atoms in total. The van der Waals surface area contributed by atoms with Crippen molar-refractivity contribution in [2.45, 2.75) is 57.5 Å². The van der Waals surface area contributed by atoms with Crippen LogP contribution in [0.4, 0.5) is 0 Å². The van der Waals surface area contributed by atoms with E-state index in [0.717, 1.165) is 68.9 Å². The third kappa shape index (κ3) is 5.59. The Kier molecular flexibility index (Phi) is 7.98. The maximum absolute atomic E-state index is 5.34. The molecule has 3 heterocycles. The SMILES string of the molecule is CN=C(NCCc1nnc2n1CCCCC2)NCC(c1ccc(OC)cc1)N1CCCC1. The normalized spacial score (nSPS) is 18.1. The first-order chi connectivity index (χ1) is 15.8. The minimum Gasteiger partial charge on any atom is -0.497 e. The fraction of sp³-hybridized carbons (Fsp3) is 0.625. The van der Waals surface area contributed by atoms with E-state index in [1.54, 1.807) is 7.11 Å². The largest absolute Gasteiger partial charge is 0.497 e. The number of likely N-dealkylation sites (tertiary alicyclic amines) is 1. The summed E-state index contributed by atoms with van der Waals surface area (Å²) in [6, 6.07) is 8.77. The van der Waals surface area contributed by atoms with Crippen LogP contribution in [0.3, 0.4) is 0 Å². The minimum atomic E-state index is 0.314. The van der Waals surface area contributed by atoms with E-state index >= 15 is 0 Å². The third-order valence-electron chi connectivity index (χ3n) is 6.60. The number of hydrogen-bond donors (Lipinski definition) is 2. The van der Waals surface area contributed by atoms with E-state index in [9.17, 15) is 0 Å². The molecule has 8 heteroatoms. The molecule has 1 atom stereocenters. The topological polar surface area (TPSA) is 79.6 Å². The van der Waals surface area contributed by atoms with Gasteiger partial charge in [0.1, 0.15) is 17.4 Å². The molecule has 174 valence electrons. The summed E-state index contributed by atoms with van der Waals surface area (Å²) in [4.78, 5) is 7.01. The molecule has 1 aromatic heterocycles. The number of methoxy groups -OCH3 is 1. The van der Waals surface area contributed by atoms with Gasteiger partial charge in [-0.25, -0.2) is 0 Å². The lowest BCUT2D eigenvalue weighted by molar-refractivity contribution is 0.245. The molecule has 2 aliphatic rings. The Hall–Kier alpha value is -2.61. The molecule has 1 saturated heterocycles. The summed E-state index contributed by atoms with van der Waals surface area (Å²) < 4.78 is 7.65. The highest BCUT2D eigenvalue weighted by Crippen LogP contribution is 2.26. The fourth-order valence-corrected chi connectivity index (χ4v) is 4.77. The van der Waals surface area contributed by atoms with Gasteiger partial charge in [-0.15, -0.1) is 10.2 Å². The molecule has 2 aliphatic heterocycles. The van der Waals surface area contributed by atoms with Gasteiger partial charge in [0.05, 0.1) is 13.2 Å². The molecule has 0 amide bonds. The number of rotatable bonds is 8. The van der Waals surface area contributed by atoms with E-state index in [2.05, 4.69) is 47.4 Å². The van der Waals surface area contributed by atoms with Crippen LogP contribution in [0.1, 0.15) is 55.4 Å². The predicted molar refractivity (Wildman–Crippen MR) is 127 cm³/mol. The van der Waals surface area contributed by atoms with Crippen molar-refractivity contribution in [3.05, 3.63) is 41.5 Å². The maximum Gasteiger partial charge on any atom is 0.191 e. The zero-order valence-electron chi connectivity index (χ0n) is 19.5. The van der Waals surface area contributed by atoms with Crippen LogP contribution < -0.4 is 15.4 Å². The van der Waals surface area contributed by atoms with Crippen LogP contribution in [-0.2, 0) is 19.4 Å². The smallest absolute Gasteiger partial charge is 0.191 e. The van der Waals surface area contributed by atoms with Crippen molar-refractivity contribution in [1.29, 1.82) is 0 Å². The van der Waals surface area contributed by atoms with Crippen molar-refractivity contribution in [3.63, 3.8) is 0 Å². The van der Waals surface area contributed by atoms with Crippen molar-refractivity contribution in [1.82, 2.24) is 30.3 Å². The van der Waals surface area contributed by atoms with Gasteiger partial charge in [-0.05, 0) is 56.5 Å². The highest BCUT2D eigenvalue weighted by atomic mass is 16.5. The molecular formula is C24H37N7O. The lowest BCUT2D eigenvalue weighted by atomic mass is 10.1. The summed E-state index contributed by atoms with van der Waals surface area (Å²) in [5.41, 5.74) is 1.31. The number of aromatic nitrogens is 3. The van der Waals surface area contributed by atoms with Gasteiger partial charge in [0.2, 0.25) is 0 Å². The molecule has 2 aromatic rings. The number of aryl methyl sites for hydroxylation is 1. The monoisotopic (exact) mass is 439 g/mol. The second-order valence-electron chi connectivity index (χ2n) is 8.66. The number of ether oxygens (including phenoxy) is 1. The van der Waals surface area contributed by atoms with Crippen molar-refractivity contribution < 1.29 is 4.74 Å². The molecule has 0 bridgehead atoms. The summed E-state index contributed by atoms with van der Waals surface area (Å²) in [6.45, 7) is 4.93. The Bertz CT molecular complexity index is 871. The van der Waals surface area contributed by atoms with Gasteiger partial charge < -0.3 is 19.9 Å². The minimum absolute atomic E-state index is 0.314. The molecule has 0 aliphatic carbocycles. The first-order valence-electron chi connectivity index (χ1n) is 12.0. The van der Waals surface area contributed by atoms with Crippen LogP contribution in [0.15, 0.2) is 29.3 Å². The molecule has 0 radical (unpaired) electrons. The summed E-state index contributed by atoms with van der Waals surface area (Å²) >= 11 is 0. The van der Waals surface area contributed by atoms with Gasteiger partial charge in [-0.1, -0.05) is 18.6 Å².